The molecule has 1 aromatic carbocycles. The van der Waals surface area contributed by atoms with Gasteiger partial charge in [0.25, 0.3) is 0 Å². The Hall–Kier alpha value is -1.95. The average molecular weight is 280 g/mol. The van der Waals surface area contributed by atoms with Gasteiger partial charge in [0.05, 0.1) is 19.1 Å². The Morgan fingerprint density at radius 2 is 2.15 bits per heavy atom. The third kappa shape index (κ3) is 2.96. The van der Waals surface area contributed by atoms with Crippen LogP contribution in [-0.2, 0) is 9.53 Å². The smallest absolute Gasteiger partial charge is 0.308 e. The number of benzene rings is 1. The average Bonchev–Trinajstić information content (AvgIpc) is 2.85. The van der Waals surface area contributed by atoms with Crippen molar-refractivity contribution in [3.05, 3.63) is 18.2 Å². The number of ether oxygens (including phenoxy) is 4. The molecule has 3 rings (SSSR count). The van der Waals surface area contributed by atoms with Crippen LogP contribution in [0.5, 0.6) is 17.2 Å². The normalized spacial score (nSPS) is 24.4. The van der Waals surface area contributed by atoms with Crippen molar-refractivity contribution in [1.82, 2.24) is 0 Å². The standard InChI is InChI=1S/C14H16O6/c15-9-5-11(20-14(16)6-9)3-4-17-10-1-2-12-13(7-10)19-8-18-12/h1-2,7,9,11,15H,3-6,8H2/t9-,11-/m1/s1. The van der Waals surface area contributed by atoms with E-state index in [0.29, 0.717) is 36.7 Å². The van der Waals surface area contributed by atoms with Crippen LogP contribution < -0.4 is 14.2 Å². The predicted molar refractivity (Wildman–Crippen MR) is 67.8 cm³/mol. The van der Waals surface area contributed by atoms with Crippen LogP contribution in [0.2, 0.25) is 0 Å². The highest BCUT2D eigenvalue weighted by Gasteiger charge is 2.27. The van der Waals surface area contributed by atoms with Gasteiger partial charge in [-0.15, -0.1) is 0 Å². The molecule has 20 heavy (non-hydrogen) atoms. The van der Waals surface area contributed by atoms with E-state index in [1.165, 1.54) is 0 Å². The van der Waals surface area contributed by atoms with E-state index in [-0.39, 0.29) is 25.3 Å². The van der Waals surface area contributed by atoms with Crippen molar-refractivity contribution in [2.24, 2.45) is 0 Å². The molecule has 6 heteroatoms. The van der Waals surface area contributed by atoms with Crippen LogP contribution in [0, 0.1) is 0 Å². The zero-order chi connectivity index (χ0) is 13.9. The van der Waals surface area contributed by atoms with Crippen LogP contribution in [-0.4, -0.2) is 36.7 Å². The van der Waals surface area contributed by atoms with E-state index in [2.05, 4.69) is 0 Å². The van der Waals surface area contributed by atoms with Gasteiger partial charge in [-0.1, -0.05) is 0 Å². The highest BCUT2D eigenvalue weighted by molar-refractivity contribution is 5.70. The van der Waals surface area contributed by atoms with E-state index < -0.39 is 6.10 Å². The molecule has 2 heterocycles. The maximum Gasteiger partial charge on any atom is 0.308 e. The first kappa shape index (κ1) is 13.1. The van der Waals surface area contributed by atoms with Gasteiger partial charge in [0.2, 0.25) is 6.79 Å². The lowest BCUT2D eigenvalue weighted by atomic mass is 10.0. The van der Waals surface area contributed by atoms with Gasteiger partial charge in [-0.2, -0.15) is 0 Å². The summed E-state index contributed by atoms with van der Waals surface area (Å²) in [5.74, 6) is 1.71. The lowest BCUT2D eigenvalue weighted by molar-refractivity contribution is -0.160. The number of hydrogen-bond donors (Lipinski definition) is 1. The number of esters is 1. The van der Waals surface area contributed by atoms with E-state index in [0.717, 1.165) is 0 Å². The van der Waals surface area contributed by atoms with Gasteiger partial charge >= 0.3 is 5.97 Å². The number of aliphatic hydroxyl groups excluding tert-OH is 1. The second-order valence-electron chi connectivity index (χ2n) is 4.86. The maximum atomic E-state index is 11.2. The van der Waals surface area contributed by atoms with Crippen LogP contribution in [0.4, 0.5) is 0 Å². The van der Waals surface area contributed by atoms with Crippen molar-refractivity contribution in [3.63, 3.8) is 0 Å². The summed E-state index contributed by atoms with van der Waals surface area (Å²) < 4.78 is 21.2. The second-order valence-corrected chi connectivity index (χ2v) is 4.86. The quantitative estimate of drug-likeness (QED) is 0.837. The molecule has 0 bridgehead atoms. The molecule has 0 radical (unpaired) electrons. The van der Waals surface area contributed by atoms with Crippen LogP contribution in [0.15, 0.2) is 18.2 Å². The van der Waals surface area contributed by atoms with Gasteiger partial charge in [-0.25, -0.2) is 0 Å². The molecule has 1 saturated heterocycles. The molecule has 6 nitrogen and oxygen atoms in total. The number of carbonyl (C=O) groups excluding carboxylic acids is 1. The molecule has 1 fully saturated rings. The van der Waals surface area contributed by atoms with Crippen LogP contribution in [0.25, 0.3) is 0 Å². The minimum atomic E-state index is -0.605. The molecule has 2 aliphatic heterocycles. The summed E-state index contributed by atoms with van der Waals surface area (Å²) in [5, 5.41) is 9.50. The third-order valence-corrected chi connectivity index (χ3v) is 3.29. The number of hydrogen-bond acceptors (Lipinski definition) is 6. The first-order chi connectivity index (χ1) is 9.70. The van der Waals surface area contributed by atoms with Crippen molar-refractivity contribution >= 4 is 5.97 Å². The monoisotopic (exact) mass is 280 g/mol. The summed E-state index contributed by atoms with van der Waals surface area (Å²) in [6, 6.07) is 5.36. The molecule has 0 spiro atoms. The zero-order valence-corrected chi connectivity index (χ0v) is 10.9. The molecule has 0 aromatic heterocycles. The highest BCUT2D eigenvalue weighted by atomic mass is 16.7. The van der Waals surface area contributed by atoms with Crippen molar-refractivity contribution < 1.29 is 28.8 Å². The lowest BCUT2D eigenvalue weighted by Crippen LogP contribution is -2.33. The molecular weight excluding hydrogens is 264 g/mol. The fraction of sp³-hybridized carbons (Fsp3) is 0.500. The van der Waals surface area contributed by atoms with E-state index >= 15 is 0 Å². The second kappa shape index (κ2) is 5.58. The minimum Gasteiger partial charge on any atom is -0.493 e. The summed E-state index contributed by atoms with van der Waals surface area (Å²) in [6.07, 6.45) is 0.222. The first-order valence-electron chi connectivity index (χ1n) is 6.61. The van der Waals surface area contributed by atoms with Crippen LogP contribution in [0.1, 0.15) is 19.3 Å². The molecular formula is C14H16O6. The zero-order valence-electron chi connectivity index (χ0n) is 10.9. The SMILES string of the molecule is O=C1C[C@H](O)C[C@@H](CCOc2ccc3c(c2)OCO3)O1. The molecule has 0 aliphatic carbocycles. The van der Waals surface area contributed by atoms with Crippen LogP contribution in [0.3, 0.4) is 0 Å². The Morgan fingerprint density at radius 1 is 1.30 bits per heavy atom. The Bertz CT molecular complexity index is 500. The number of rotatable bonds is 4. The van der Waals surface area contributed by atoms with Crippen molar-refractivity contribution in [2.75, 3.05) is 13.4 Å². The highest BCUT2D eigenvalue weighted by Crippen LogP contribution is 2.35. The van der Waals surface area contributed by atoms with Gasteiger partial charge in [-0.3, -0.25) is 4.79 Å². The Kier molecular flexibility index (Phi) is 3.64. The van der Waals surface area contributed by atoms with Gasteiger partial charge in [0.1, 0.15) is 11.9 Å². The number of cyclic esters (lactones) is 1. The summed E-state index contributed by atoms with van der Waals surface area (Å²) in [4.78, 5) is 11.2. The largest absolute Gasteiger partial charge is 0.493 e. The summed E-state index contributed by atoms with van der Waals surface area (Å²) in [7, 11) is 0. The van der Waals surface area contributed by atoms with Crippen molar-refractivity contribution in [2.45, 2.75) is 31.5 Å². The van der Waals surface area contributed by atoms with Gasteiger partial charge in [0, 0.05) is 18.9 Å². The molecule has 2 aliphatic rings. The van der Waals surface area contributed by atoms with Gasteiger partial charge < -0.3 is 24.1 Å². The Labute approximate surface area is 116 Å². The first-order valence-corrected chi connectivity index (χ1v) is 6.61. The van der Waals surface area contributed by atoms with E-state index in [4.69, 9.17) is 18.9 Å². The summed E-state index contributed by atoms with van der Waals surface area (Å²) >= 11 is 0. The van der Waals surface area contributed by atoms with Crippen molar-refractivity contribution in [1.29, 1.82) is 0 Å². The fourth-order valence-corrected chi connectivity index (χ4v) is 2.31. The number of carbonyl (C=O) groups is 1. The molecule has 1 aromatic rings. The molecule has 0 unspecified atom stereocenters. The number of fused-ring (bicyclic) bond motifs is 1. The Balaban J connectivity index is 1.49. The Morgan fingerprint density at radius 3 is 3.00 bits per heavy atom. The third-order valence-electron chi connectivity index (χ3n) is 3.29. The molecule has 108 valence electrons. The topological polar surface area (TPSA) is 74.2 Å². The van der Waals surface area contributed by atoms with E-state index in [1.807, 2.05) is 0 Å². The molecule has 2 atom stereocenters. The number of aliphatic hydroxyl groups is 1. The molecule has 0 amide bonds. The van der Waals surface area contributed by atoms with Crippen molar-refractivity contribution in [3.8, 4) is 17.2 Å². The fourth-order valence-electron chi connectivity index (χ4n) is 2.31. The predicted octanol–water partition coefficient (Wildman–Crippen LogP) is 1.25. The molecule has 1 N–H and O–H groups in total. The summed E-state index contributed by atoms with van der Waals surface area (Å²) in [6.45, 7) is 0.638. The van der Waals surface area contributed by atoms with E-state index in [1.54, 1.807) is 18.2 Å². The van der Waals surface area contributed by atoms with E-state index in [9.17, 15) is 9.90 Å². The summed E-state index contributed by atoms with van der Waals surface area (Å²) in [5.41, 5.74) is 0. The van der Waals surface area contributed by atoms with Gasteiger partial charge in [-0.05, 0) is 12.1 Å². The van der Waals surface area contributed by atoms with Crippen LogP contribution >= 0.6 is 0 Å². The molecule has 0 saturated carbocycles. The minimum absolute atomic E-state index is 0.0829. The lowest BCUT2D eigenvalue weighted by Gasteiger charge is -2.25. The maximum absolute atomic E-state index is 11.2. The van der Waals surface area contributed by atoms with Gasteiger partial charge in [0.15, 0.2) is 11.5 Å².